The molecule has 0 saturated heterocycles. The smallest absolute Gasteiger partial charge is 0.306 e. The number of hydrogen-bond acceptors (Lipinski definition) is 4. The number of rotatable bonds is 4. The van der Waals surface area contributed by atoms with Crippen LogP contribution in [-0.4, -0.2) is 57.5 Å². The number of likely N-dealkylation sites (N-methyl/N-ethyl adjacent to an activating group) is 1. The zero-order valence-electron chi connectivity index (χ0n) is 12.3. The van der Waals surface area contributed by atoms with Gasteiger partial charge >= 0.3 is 5.97 Å². The van der Waals surface area contributed by atoms with Gasteiger partial charge in [-0.05, 0) is 45.6 Å². The molecular weight excluding hydrogens is 258 g/mol. The van der Waals surface area contributed by atoms with E-state index in [9.17, 15) is 15.0 Å². The Balaban J connectivity index is 1.87. The first-order valence-electron chi connectivity index (χ1n) is 7.75. The highest BCUT2D eigenvalue weighted by Gasteiger charge is 2.38. The van der Waals surface area contributed by atoms with Crippen molar-refractivity contribution in [2.24, 2.45) is 5.92 Å². The molecule has 0 aromatic carbocycles. The van der Waals surface area contributed by atoms with Gasteiger partial charge in [0.25, 0.3) is 0 Å². The van der Waals surface area contributed by atoms with E-state index in [4.69, 9.17) is 5.11 Å². The monoisotopic (exact) mass is 285 g/mol. The van der Waals surface area contributed by atoms with E-state index in [-0.39, 0.29) is 18.1 Å². The molecule has 2 atom stereocenters. The summed E-state index contributed by atoms with van der Waals surface area (Å²) in [7, 11) is 1.96. The van der Waals surface area contributed by atoms with Crippen LogP contribution in [0.3, 0.4) is 0 Å². The second-order valence-electron chi connectivity index (χ2n) is 6.67. The van der Waals surface area contributed by atoms with Crippen molar-refractivity contribution in [3.63, 3.8) is 0 Å². The minimum absolute atomic E-state index is 0.130. The summed E-state index contributed by atoms with van der Waals surface area (Å²) < 4.78 is 0. The molecule has 0 heterocycles. The Kier molecular flexibility index (Phi) is 5.04. The highest BCUT2D eigenvalue weighted by atomic mass is 16.4. The van der Waals surface area contributed by atoms with Crippen LogP contribution in [0.1, 0.15) is 51.4 Å². The molecule has 0 amide bonds. The van der Waals surface area contributed by atoms with Gasteiger partial charge in [0.15, 0.2) is 0 Å². The van der Waals surface area contributed by atoms with Crippen molar-refractivity contribution in [2.45, 2.75) is 69.1 Å². The SMILES string of the molecule is CN(CC1(O)CCC(C(=O)O)CC1)C1CCCCC1O. The standard InChI is InChI=1S/C15H27NO4/c1-16(12-4-2-3-5-13(12)17)10-15(20)8-6-11(7-9-15)14(18)19/h11-13,17,20H,2-10H2,1H3,(H,18,19). The Morgan fingerprint density at radius 1 is 1.20 bits per heavy atom. The quantitative estimate of drug-likeness (QED) is 0.724. The fourth-order valence-electron chi connectivity index (χ4n) is 3.75. The second kappa shape index (κ2) is 6.41. The number of carbonyl (C=O) groups is 1. The van der Waals surface area contributed by atoms with Gasteiger partial charge in [0, 0.05) is 12.6 Å². The molecule has 116 valence electrons. The van der Waals surface area contributed by atoms with Crippen LogP contribution in [0.15, 0.2) is 0 Å². The van der Waals surface area contributed by atoms with Crippen LogP contribution >= 0.6 is 0 Å². The van der Waals surface area contributed by atoms with Gasteiger partial charge in [0.1, 0.15) is 0 Å². The minimum Gasteiger partial charge on any atom is -0.481 e. The van der Waals surface area contributed by atoms with Gasteiger partial charge in [-0.3, -0.25) is 9.69 Å². The molecule has 0 aliphatic heterocycles. The fourth-order valence-corrected chi connectivity index (χ4v) is 3.75. The van der Waals surface area contributed by atoms with E-state index in [1.54, 1.807) is 0 Å². The van der Waals surface area contributed by atoms with E-state index in [0.717, 1.165) is 25.7 Å². The molecule has 0 spiro atoms. The second-order valence-corrected chi connectivity index (χ2v) is 6.67. The minimum atomic E-state index is -0.794. The summed E-state index contributed by atoms with van der Waals surface area (Å²) in [5.74, 6) is -1.05. The van der Waals surface area contributed by atoms with E-state index in [2.05, 4.69) is 4.90 Å². The molecule has 3 N–H and O–H groups in total. The normalized spacial score (nSPS) is 38.9. The third kappa shape index (κ3) is 3.71. The van der Waals surface area contributed by atoms with E-state index < -0.39 is 11.6 Å². The van der Waals surface area contributed by atoms with Crippen LogP contribution in [-0.2, 0) is 4.79 Å². The Labute approximate surface area is 120 Å². The van der Waals surface area contributed by atoms with Crippen molar-refractivity contribution in [1.82, 2.24) is 4.90 Å². The number of hydrogen-bond donors (Lipinski definition) is 3. The molecule has 2 aliphatic rings. The molecule has 2 saturated carbocycles. The molecule has 5 nitrogen and oxygen atoms in total. The summed E-state index contributed by atoms with van der Waals surface area (Å²) in [6.45, 7) is 0.529. The van der Waals surface area contributed by atoms with Crippen molar-refractivity contribution < 1.29 is 20.1 Å². The lowest BCUT2D eigenvalue weighted by Crippen LogP contribution is -2.51. The largest absolute Gasteiger partial charge is 0.481 e. The van der Waals surface area contributed by atoms with Crippen molar-refractivity contribution in [1.29, 1.82) is 0 Å². The number of aliphatic hydroxyl groups excluding tert-OH is 1. The van der Waals surface area contributed by atoms with Gasteiger partial charge in [-0.2, -0.15) is 0 Å². The highest BCUT2D eigenvalue weighted by Crippen LogP contribution is 2.34. The van der Waals surface area contributed by atoms with Crippen molar-refractivity contribution in [3.8, 4) is 0 Å². The molecule has 2 rings (SSSR count). The summed E-state index contributed by atoms with van der Waals surface area (Å²) in [5, 5.41) is 29.7. The van der Waals surface area contributed by atoms with E-state index in [1.165, 1.54) is 0 Å². The van der Waals surface area contributed by atoms with Crippen molar-refractivity contribution in [2.75, 3.05) is 13.6 Å². The van der Waals surface area contributed by atoms with Crippen LogP contribution < -0.4 is 0 Å². The zero-order valence-corrected chi connectivity index (χ0v) is 12.3. The molecule has 2 fully saturated rings. The van der Waals surface area contributed by atoms with Gasteiger partial charge in [-0.25, -0.2) is 0 Å². The van der Waals surface area contributed by atoms with Gasteiger partial charge in [0.05, 0.1) is 17.6 Å². The van der Waals surface area contributed by atoms with Crippen LogP contribution in [0.2, 0.25) is 0 Å². The zero-order chi connectivity index (χ0) is 14.8. The third-order valence-corrected chi connectivity index (χ3v) is 5.07. The molecule has 20 heavy (non-hydrogen) atoms. The molecule has 5 heteroatoms. The van der Waals surface area contributed by atoms with E-state index in [1.807, 2.05) is 7.05 Å². The average molecular weight is 285 g/mol. The Bertz CT molecular complexity index is 339. The van der Waals surface area contributed by atoms with E-state index in [0.29, 0.717) is 32.2 Å². The Hall–Kier alpha value is -0.650. The van der Waals surface area contributed by atoms with Gasteiger partial charge in [-0.1, -0.05) is 12.8 Å². The average Bonchev–Trinajstić information content (AvgIpc) is 2.39. The van der Waals surface area contributed by atoms with Gasteiger partial charge in [0.2, 0.25) is 0 Å². The van der Waals surface area contributed by atoms with Crippen LogP contribution in [0.5, 0.6) is 0 Å². The fraction of sp³-hybridized carbons (Fsp3) is 0.933. The first-order valence-corrected chi connectivity index (χ1v) is 7.75. The summed E-state index contributed by atoms with van der Waals surface area (Å²) >= 11 is 0. The number of carboxylic acids is 1. The van der Waals surface area contributed by atoms with Gasteiger partial charge in [-0.15, -0.1) is 0 Å². The topological polar surface area (TPSA) is 81.0 Å². The van der Waals surface area contributed by atoms with Crippen LogP contribution in [0, 0.1) is 5.92 Å². The molecule has 2 unspecified atom stereocenters. The lowest BCUT2D eigenvalue weighted by Gasteiger charge is -2.42. The maximum atomic E-state index is 11.0. The summed E-state index contributed by atoms with van der Waals surface area (Å²) in [4.78, 5) is 13.0. The summed E-state index contributed by atoms with van der Waals surface area (Å²) in [5.41, 5.74) is -0.794. The first-order chi connectivity index (χ1) is 9.41. The maximum Gasteiger partial charge on any atom is 0.306 e. The highest BCUT2D eigenvalue weighted by molar-refractivity contribution is 5.70. The lowest BCUT2D eigenvalue weighted by molar-refractivity contribution is -0.145. The third-order valence-electron chi connectivity index (χ3n) is 5.07. The Morgan fingerprint density at radius 3 is 2.35 bits per heavy atom. The lowest BCUT2D eigenvalue weighted by atomic mass is 9.78. The number of aliphatic hydroxyl groups is 2. The molecule has 0 bridgehead atoms. The van der Waals surface area contributed by atoms with E-state index >= 15 is 0 Å². The molecule has 0 aromatic heterocycles. The number of aliphatic carboxylic acids is 1. The number of carboxylic acid groups (broad SMARTS) is 1. The summed E-state index contributed by atoms with van der Waals surface area (Å²) in [6.07, 6.45) is 5.91. The van der Waals surface area contributed by atoms with Gasteiger partial charge < -0.3 is 15.3 Å². The van der Waals surface area contributed by atoms with Crippen molar-refractivity contribution in [3.05, 3.63) is 0 Å². The van der Waals surface area contributed by atoms with Crippen LogP contribution in [0.4, 0.5) is 0 Å². The molecule has 0 radical (unpaired) electrons. The number of nitrogens with zero attached hydrogens (tertiary/aromatic N) is 1. The van der Waals surface area contributed by atoms with Crippen LogP contribution in [0.25, 0.3) is 0 Å². The predicted octanol–water partition coefficient (Wildman–Crippen LogP) is 1.23. The first kappa shape index (κ1) is 15.7. The molecule has 2 aliphatic carbocycles. The maximum absolute atomic E-state index is 11.0. The molecular formula is C15H27NO4. The molecule has 0 aromatic rings. The predicted molar refractivity (Wildman–Crippen MR) is 75.4 cm³/mol. The summed E-state index contributed by atoms with van der Waals surface area (Å²) in [6, 6.07) is 0.130. The van der Waals surface area contributed by atoms with Crippen molar-refractivity contribution >= 4 is 5.97 Å². The Morgan fingerprint density at radius 2 is 1.80 bits per heavy atom.